The van der Waals surface area contributed by atoms with Gasteiger partial charge in [0.15, 0.2) is 5.76 Å². The molecule has 1 aliphatic heterocycles. The predicted molar refractivity (Wildman–Crippen MR) is 50.2 cm³/mol. The van der Waals surface area contributed by atoms with E-state index in [0.717, 1.165) is 38.7 Å². The maximum atomic E-state index is 11.9. The molecule has 1 saturated carbocycles. The molecule has 0 saturated heterocycles. The quantitative estimate of drug-likeness (QED) is 0.666. The van der Waals surface area contributed by atoms with Crippen LogP contribution >= 0.6 is 0 Å². The van der Waals surface area contributed by atoms with Gasteiger partial charge in [-0.1, -0.05) is 6.92 Å². The topological polar surface area (TPSA) is 26.3 Å². The summed E-state index contributed by atoms with van der Waals surface area (Å²) in [6.07, 6.45) is 7.09. The largest absolute Gasteiger partial charge is 0.490 e. The third-order valence-electron chi connectivity index (χ3n) is 3.17. The summed E-state index contributed by atoms with van der Waals surface area (Å²) in [7, 11) is 0. The number of Topliss-reactive ketones (excluding diaryl/α,β-unsaturated/α-hetero) is 1. The van der Waals surface area contributed by atoms with Crippen molar-refractivity contribution in [2.45, 2.75) is 39.0 Å². The Morgan fingerprint density at radius 2 is 2.38 bits per heavy atom. The van der Waals surface area contributed by atoms with Gasteiger partial charge < -0.3 is 4.74 Å². The second kappa shape index (κ2) is 3.17. The molecule has 0 bridgehead atoms. The Labute approximate surface area is 79.0 Å². The zero-order chi connectivity index (χ0) is 9.31. The van der Waals surface area contributed by atoms with E-state index in [0.29, 0.717) is 5.76 Å². The summed E-state index contributed by atoms with van der Waals surface area (Å²) in [5.41, 5.74) is -0.0246. The lowest BCUT2D eigenvalue weighted by Gasteiger charge is -2.18. The third kappa shape index (κ3) is 1.50. The van der Waals surface area contributed by atoms with Gasteiger partial charge in [-0.25, -0.2) is 0 Å². The van der Waals surface area contributed by atoms with Gasteiger partial charge in [0.05, 0.1) is 6.61 Å². The number of allylic oxidation sites excluding steroid dienone is 2. The molecule has 72 valence electrons. The summed E-state index contributed by atoms with van der Waals surface area (Å²) in [5, 5.41) is 0. The Morgan fingerprint density at radius 3 is 2.85 bits per heavy atom. The molecular weight excluding hydrogens is 164 g/mol. The summed E-state index contributed by atoms with van der Waals surface area (Å²) in [6, 6.07) is 0. The van der Waals surface area contributed by atoms with Crippen molar-refractivity contribution in [3.63, 3.8) is 0 Å². The minimum atomic E-state index is -0.0246. The zero-order valence-corrected chi connectivity index (χ0v) is 8.14. The van der Waals surface area contributed by atoms with Crippen LogP contribution in [0.15, 0.2) is 11.8 Å². The smallest absolute Gasteiger partial charge is 0.203 e. The average molecular weight is 180 g/mol. The SMILES string of the molecule is CCC1(C(=O)C2=CCCCO2)CC1. The van der Waals surface area contributed by atoms with Gasteiger partial charge in [-0.3, -0.25) is 4.79 Å². The number of rotatable bonds is 3. The van der Waals surface area contributed by atoms with Crippen LogP contribution in [0, 0.1) is 5.41 Å². The van der Waals surface area contributed by atoms with Crippen LogP contribution in [0.2, 0.25) is 0 Å². The Hall–Kier alpha value is -0.790. The molecule has 2 aliphatic rings. The van der Waals surface area contributed by atoms with Crippen LogP contribution in [0.25, 0.3) is 0 Å². The van der Waals surface area contributed by atoms with Gasteiger partial charge in [-0.15, -0.1) is 0 Å². The van der Waals surface area contributed by atoms with Gasteiger partial charge >= 0.3 is 0 Å². The Bertz CT molecular complexity index is 249. The highest BCUT2D eigenvalue weighted by Gasteiger charge is 2.49. The lowest BCUT2D eigenvalue weighted by atomic mass is 9.95. The molecule has 0 aromatic heterocycles. The van der Waals surface area contributed by atoms with Gasteiger partial charge in [-0.2, -0.15) is 0 Å². The first-order chi connectivity index (χ1) is 6.28. The normalized spacial score (nSPS) is 24.5. The lowest BCUT2D eigenvalue weighted by Crippen LogP contribution is -2.20. The second-order valence-corrected chi connectivity index (χ2v) is 4.02. The van der Waals surface area contributed by atoms with Crippen molar-refractivity contribution in [1.82, 2.24) is 0 Å². The van der Waals surface area contributed by atoms with Crippen molar-refractivity contribution in [1.29, 1.82) is 0 Å². The van der Waals surface area contributed by atoms with Gasteiger partial charge in [-0.05, 0) is 38.2 Å². The van der Waals surface area contributed by atoms with E-state index in [4.69, 9.17) is 4.74 Å². The molecule has 2 rings (SSSR count). The molecule has 2 heteroatoms. The number of hydrogen-bond donors (Lipinski definition) is 0. The molecule has 0 atom stereocenters. The minimum Gasteiger partial charge on any atom is -0.490 e. The maximum absolute atomic E-state index is 11.9. The predicted octanol–water partition coefficient (Wildman–Crippen LogP) is 2.44. The minimum absolute atomic E-state index is 0.0246. The van der Waals surface area contributed by atoms with E-state index in [2.05, 4.69) is 6.92 Å². The van der Waals surface area contributed by atoms with E-state index in [1.807, 2.05) is 6.08 Å². The molecule has 0 spiro atoms. The van der Waals surface area contributed by atoms with Crippen molar-refractivity contribution >= 4 is 5.78 Å². The molecule has 0 unspecified atom stereocenters. The standard InChI is InChI=1S/C11H16O2/c1-2-11(6-7-11)10(12)9-5-3-4-8-13-9/h5H,2-4,6-8H2,1H3. The van der Waals surface area contributed by atoms with E-state index < -0.39 is 0 Å². The molecule has 0 radical (unpaired) electrons. The number of ketones is 1. The van der Waals surface area contributed by atoms with Crippen molar-refractivity contribution in [2.75, 3.05) is 6.61 Å². The van der Waals surface area contributed by atoms with Gasteiger partial charge in [0, 0.05) is 5.41 Å². The number of hydrogen-bond acceptors (Lipinski definition) is 2. The molecular formula is C11H16O2. The fourth-order valence-corrected chi connectivity index (χ4v) is 1.87. The Balaban J connectivity index is 2.08. The Kier molecular flexibility index (Phi) is 2.14. The lowest BCUT2D eigenvalue weighted by molar-refractivity contribution is -0.124. The second-order valence-electron chi connectivity index (χ2n) is 4.02. The monoisotopic (exact) mass is 180 g/mol. The van der Waals surface area contributed by atoms with E-state index in [9.17, 15) is 4.79 Å². The summed E-state index contributed by atoms with van der Waals surface area (Å²) in [5.74, 6) is 0.903. The first kappa shape index (κ1) is 8.79. The summed E-state index contributed by atoms with van der Waals surface area (Å²) >= 11 is 0. The van der Waals surface area contributed by atoms with Crippen LogP contribution in [-0.2, 0) is 9.53 Å². The van der Waals surface area contributed by atoms with Gasteiger partial charge in [0.1, 0.15) is 0 Å². The number of carbonyl (C=O) groups is 1. The fraction of sp³-hybridized carbons (Fsp3) is 0.727. The molecule has 0 N–H and O–H groups in total. The maximum Gasteiger partial charge on any atom is 0.203 e. The Morgan fingerprint density at radius 1 is 1.62 bits per heavy atom. The zero-order valence-electron chi connectivity index (χ0n) is 8.14. The van der Waals surface area contributed by atoms with Crippen LogP contribution < -0.4 is 0 Å². The molecule has 1 heterocycles. The third-order valence-corrected chi connectivity index (χ3v) is 3.17. The van der Waals surface area contributed by atoms with Crippen molar-refractivity contribution < 1.29 is 9.53 Å². The molecule has 13 heavy (non-hydrogen) atoms. The summed E-state index contributed by atoms with van der Waals surface area (Å²) in [6.45, 7) is 2.81. The van der Waals surface area contributed by atoms with Crippen LogP contribution in [0.4, 0.5) is 0 Å². The van der Waals surface area contributed by atoms with Crippen molar-refractivity contribution in [2.24, 2.45) is 5.41 Å². The number of ether oxygens (including phenoxy) is 1. The van der Waals surface area contributed by atoms with E-state index >= 15 is 0 Å². The van der Waals surface area contributed by atoms with Crippen LogP contribution in [0.1, 0.15) is 39.0 Å². The molecule has 2 nitrogen and oxygen atoms in total. The van der Waals surface area contributed by atoms with Crippen molar-refractivity contribution in [3.8, 4) is 0 Å². The first-order valence-electron chi connectivity index (χ1n) is 5.16. The number of carbonyl (C=O) groups excluding carboxylic acids is 1. The van der Waals surface area contributed by atoms with Crippen LogP contribution in [-0.4, -0.2) is 12.4 Å². The molecule has 0 aromatic carbocycles. The highest BCUT2D eigenvalue weighted by Crippen LogP contribution is 2.51. The highest BCUT2D eigenvalue weighted by molar-refractivity contribution is 6.00. The molecule has 0 aromatic rings. The van der Waals surface area contributed by atoms with Crippen LogP contribution in [0.5, 0.6) is 0 Å². The summed E-state index contributed by atoms with van der Waals surface area (Å²) in [4.78, 5) is 11.9. The van der Waals surface area contributed by atoms with Gasteiger partial charge in [0.25, 0.3) is 0 Å². The van der Waals surface area contributed by atoms with E-state index in [1.165, 1.54) is 0 Å². The highest BCUT2D eigenvalue weighted by atomic mass is 16.5. The van der Waals surface area contributed by atoms with Crippen molar-refractivity contribution in [3.05, 3.63) is 11.8 Å². The average Bonchev–Trinajstić information content (AvgIpc) is 2.99. The van der Waals surface area contributed by atoms with Crippen LogP contribution in [0.3, 0.4) is 0 Å². The first-order valence-corrected chi connectivity index (χ1v) is 5.16. The fourth-order valence-electron chi connectivity index (χ4n) is 1.87. The summed E-state index contributed by atoms with van der Waals surface area (Å²) < 4.78 is 5.38. The molecule has 1 aliphatic carbocycles. The van der Waals surface area contributed by atoms with E-state index in [1.54, 1.807) is 0 Å². The molecule has 0 amide bonds. The molecule has 1 fully saturated rings. The van der Waals surface area contributed by atoms with E-state index in [-0.39, 0.29) is 11.2 Å². The van der Waals surface area contributed by atoms with Gasteiger partial charge in [0.2, 0.25) is 5.78 Å².